The molecule has 186 valence electrons. The van der Waals surface area contributed by atoms with Gasteiger partial charge in [-0.1, -0.05) is 30.4 Å². The first-order valence-corrected chi connectivity index (χ1v) is 12.3. The molecule has 1 aromatic carbocycles. The molecular weight excluding hydrogens is 446 g/mol. The highest BCUT2D eigenvalue weighted by atomic mass is 16.5. The number of carbonyl (C=O) groups excluding carboxylic acids is 1. The maximum absolute atomic E-state index is 13.9. The van der Waals surface area contributed by atoms with E-state index in [0.717, 1.165) is 17.0 Å². The van der Waals surface area contributed by atoms with Crippen molar-refractivity contribution in [2.45, 2.75) is 32.1 Å². The number of likely N-dealkylation sites (tertiary alicyclic amines) is 1. The van der Waals surface area contributed by atoms with E-state index in [2.05, 4.69) is 4.90 Å². The highest BCUT2D eigenvalue weighted by Gasteiger charge is 2.56. The normalized spacial score (nSPS) is 26.2. The molecule has 8 heteroatoms. The van der Waals surface area contributed by atoms with E-state index in [1.54, 1.807) is 7.11 Å². The Morgan fingerprint density at radius 1 is 1.20 bits per heavy atom. The number of para-hydroxylation sites is 1. The molecule has 4 atom stereocenters. The Morgan fingerprint density at radius 2 is 1.97 bits per heavy atom. The highest BCUT2D eigenvalue weighted by molar-refractivity contribution is 5.83. The number of hydrogen-bond donors (Lipinski definition) is 1. The molecule has 35 heavy (non-hydrogen) atoms. The smallest absolute Gasteiger partial charge is 0.258 e. The number of nitrogens with zero attached hydrogens (tertiary/aromatic N) is 3. The minimum Gasteiger partial charge on any atom is -0.496 e. The van der Waals surface area contributed by atoms with Gasteiger partial charge in [-0.25, -0.2) is 0 Å². The van der Waals surface area contributed by atoms with Crippen molar-refractivity contribution in [2.75, 3.05) is 40.0 Å². The number of morpholine rings is 1. The SMILES string of the molecule is CC=Cc1ccc2n(c1=O)C[C@H]1[C@H](CO)[C@@H](C(=O)N3CCOCC3)N(Cc3ccccc3OC)[C@@H]21. The van der Waals surface area contributed by atoms with E-state index < -0.39 is 6.04 Å². The number of amides is 1. The lowest BCUT2D eigenvalue weighted by Crippen LogP contribution is -2.52. The van der Waals surface area contributed by atoms with Gasteiger partial charge in [0.2, 0.25) is 5.91 Å². The van der Waals surface area contributed by atoms with Crippen molar-refractivity contribution < 1.29 is 19.4 Å². The third-order valence-corrected chi connectivity index (χ3v) is 7.69. The summed E-state index contributed by atoms with van der Waals surface area (Å²) in [4.78, 5) is 31.2. The standard InChI is InChI=1S/C27H33N3O5/c1-3-6-18-9-10-22-24-20(16-29(22)26(18)32)21(17-31)25(27(33)28-11-13-35-14-12-28)30(24)15-19-7-4-5-8-23(19)34-2/h3-10,20-21,24-25,31H,11-17H2,1-2H3/t20-,21-,24+,25-/m0/s1. The van der Waals surface area contributed by atoms with Gasteiger partial charge in [-0.3, -0.25) is 14.5 Å². The van der Waals surface area contributed by atoms with Crippen LogP contribution in [-0.2, 0) is 22.6 Å². The van der Waals surface area contributed by atoms with Gasteiger partial charge in [-0.2, -0.15) is 0 Å². The number of aromatic nitrogens is 1. The number of benzene rings is 1. The quantitative estimate of drug-likeness (QED) is 0.682. The van der Waals surface area contributed by atoms with Crippen molar-refractivity contribution in [3.8, 4) is 5.75 Å². The van der Waals surface area contributed by atoms with Gasteiger partial charge in [0.1, 0.15) is 5.75 Å². The number of allylic oxidation sites excluding steroid dienone is 1. The number of methoxy groups -OCH3 is 1. The molecule has 0 aliphatic carbocycles. The van der Waals surface area contributed by atoms with E-state index in [0.29, 0.717) is 45.0 Å². The Labute approximate surface area is 205 Å². The fourth-order valence-corrected chi connectivity index (χ4v) is 6.09. The van der Waals surface area contributed by atoms with Crippen LogP contribution in [0.1, 0.15) is 29.8 Å². The lowest BCUT2D eigenvalue weighted by atomic mass is 9.88. The van der Waals surface area contributed by atoms with Gasteiger partial charge in [-0.15, -0.1) is 0 Å². The second kappa shape index (κ2) is 9.97. The Hall–Kier alpha value is -2.94. The molecule has 1 N–H and O–H groups in total. The summed E-state index contributed by atoms with van der Waals surface area (Å²) in [6.07, 6.45) is 3.69. The minimum atomic E-state index is -0.489. The Bertz CT molecular complexity index is 1170. The molecule has 2 fully saturated rings. The summed E-state index contributed by atoms with van der Waals surface area (Å²) >= 11 is 0. The van der Waals surface area contributed by atoms with Gasteiger partial charge in [0, 0.05) is 61.4 Å². The number of hydrogen-bond acceptors (Lipinski definition) is 6. The second-order valence-corrected chi connectivity index (χ2v) is 9.45. The summed E-state index contributed by atoms with van der Waals surface area (Å²) in [6.45, 7) is 4.89. The van der Waals surface area contributed by atoms with Gasteiger partial charge in [0.15, 0.2) is 0 Å². The summed E-state index contributed by atoms with van der Waals surface area (Å²) in [5.41, 5.74) is 2.49. The van der Waals surface area contributed by atoms with Crippen molar-refractivity contribution in [2.24, 2.45) is 11.8 Å². The molecule has 0 unspecified atom stereocenters. The molecule has 0 radical (unpaired) electrons. The van der Waals surface area contributed by atoms with Crippen LogP contribution in [0.2, 0.25) is 0 Å². The molecule has 8 nitrogen and oxygen atoms in total. The summed E-state index contributed by atoms with van der Waals surface area (Å²) in [6, 6.07) is 11.0. The van der Waals surface area contributed by atoms with E-state index >= 15 is 0 Å². The molecule has 3 aliphatic rings. The Kier molecular flexibility index (Phi) is 6.77. The lowest BCUT2D eigenvalue weighted by Gasteiger charge is -2.36. The van der Waals surface area contributed by atoms with Crippen LogP contribution in [-0.4, -0.2) is 71.4 Å². The van der Waals surface area contributed by atoms with E-state index in [1.807, 2.05) is 64.9 Å². The second-order valence-electron chi connectivity index (χ2n) is 9.45. The topological polar surface area (TPSA) is 84.2 Å². The zero-order chi connectivity index (χ0) is 24.5. The molecule has 0 bridgehead atoms. The van der Waals surface area contributed by atoms with Gasteiger partial charge in [-0.05, 0) is 25.1 Å². The van der Waals surface area contributed by atoms with Crippen LogP contribution in [0.5, 0.6) is 5.75 Å². The van der Waals surface area contributed by atoms with Crippen molar-refractivity contribution in [1.29, 1.82) is 0 Å². The molecule has 0 saturated carbocycles. The lowest BCUT2D eigenvalue weighted by molar-refractivity contribution is -0.142. The molecule has 5 rings (SSSR count). The Balaban J connectivity index is 1.59. The number of carbonyl (C=O) groups is 1. The first kappa shape index (κ1) is 23.8. The largest absolute Gasteiger partial charge is 0.496 e. The van der Waals surface area contributed by atoms with E-state index in [-0.39, 0.29) is 36.0 Å². The van der Waals surface area contributed by atoms with Crippen LogP contribution in [0.3, 0.4) is 0 Å². The van der Waals surface area contributed by atoms with Crippen molar-refractivity contribution >= 4 is 12.0 Å². The van der Waals surface area contributed by atoms with Crippen LogP contribution in [0.25, 0.3) is 6.08 Å². The zero-order valence-corrected chi connectivity index (χ0v) is 20.3. The summed E-state index contributed by atoms with van der Waals surface area (Å²) in [7, 11) is 1.64. The van der Waals surface area contributed by atoms with Gasteiger partial charge in [0.05, 0.1) is 32.4 Å². The number of aliphatic hydroxyl groups excluding tert-OH is 1. The molecule has 2 saturated heterocycles. The maximum Gasteiger partial charge on any atom is 0.258 e. The molecule has 4 heterocycles. The van der Waals surface area contributed by atoms with Crippen molar-refractivity contribution in [3.05, 3.63) is 69.6 Å². The number of aliphatic hydroxyl groups is 1. The van der Waals surface area contributed by atoms with Crippen molar-refractivity contribution in [3.63, 3.8) is 0 Å². The summed E-state index contributed by atoms with van der Waals surface area (Å²) in [5.74, 6) is 0.455. The van der Waals surface area contributed by atoms with Crippen molar-refractivity contribution in [1.82, 2.24) is 14.4 Å². The van der Waals surface area contributed by atoms with Crippen LogP contribution in [0.4, 0.5) is 0 Å². The Morgan fingerprint density at radius 3 is 2.69 bits per heavy atom. The number of rotatable bonds is 6. The summed E-state index contributed by atoms with van der Waals surface area (Å²) < 4.78 is 12.9. The van der Waals surface area contributed by atoms with Crippen LogP contribution in [0, 0.1) is 11.8 Å². The van der Waals surface area contributed by atoms with E-state index in [4.69, 9.17) is 9.47 Å². The monoisotopic (exact) mass is 479 g/mol. The molecule has 2 aromatic rings. The molecule has 0 spiro atoms. The third kappa shape index (κ3) is 4.09. The third-order valence-electron chi connectivity index (χ3n) is 7.69. The fourth-order valence-electron chi connectivity index (χ4n) is 6.09. The summed E-state index contributed by atoms with van der Waals surface area (Å²) in [5, 5.41) is 10.6. The molecule has 1 amide bonds. The molecular formula is C27H33N3O5. The average Bonchev–Trinajstić information content (AvgIpc) is 3.41. The first-order chi connectivity index (χ1) is 17.1. The highest BCUT2D eigenvalue weighted by Crippen LogP contribution is 2.50. The van der Waals surface area contributed by atoms with E-state index in [9.17, 15) is 14.7 Å². The van der Waals surface area contributed by atoms with E-state index in [1.165, 1.54) is 0 Å². The predicted octanol–water partition coefficient (Wildman–Crippen LogP) is 1.91. The number of pyridine rings is 1. The molecule has 1 aromatic heterocycles. The minimum absolute atomic E-state index is 0.0241. The zero-order valence-electron chi connectivity index (χ0n) is 20.3. The fraction of sp³-hybridized carbons (Fsp3) is 0.481. The van der Waals surface area contributed by atoms with Gasteiger partial charge < -0.3 is 24.0 Å². The first-order valence-electron chi connectivity index (χ1n) is 12.3. The average molecular weight is 480 g/mol. The van der Waals surface area contributed by atoms with Crippen LogP contribution in [0.15, 0.2) is 47.3 Å². The van der Waals surface area contributed by atoms with Gasteiger partial charge >= 0.3 is 0 Å². The predicted molar refractivity (Wildman–Crippen MR) is 132 cm³/mol. The van der Waals surface area contributed by atoms with Crippen LogP contribution >= 0.6 is 0 Å². The molecule has 3 aliphatic heterocycles. The number of fused-ring (bicyclic) bond motifs is 3. The van der Waals surface area contributed by atoms with Crippen LogP contribution < -0.4 is 10.3 Å². The maximum atomic E-state index is 13.9. The number of ether oxygens (including phenoxy) is 2. The van der Waals surface area contributed by atoms with Gasteiger partial charge in [0.25, 0.3) is 5.56 Å².